The molecule has 0 aliphatic carbocycles. The highest BCUT2D eigenvalue weighted by molar-refractivity contribution is 5.45. The highest BCUT2D eigenvalue weighted by Gasteiger charge is 2.09. The third-order valence-corrected chi connectivity index (χ3v) is 4.15. The maximum Gasteiger partial charge on any atom is 0.130 e. The second-order valence-electron chi connectivity index (χ2n) is 6.08. The van der Waals surface area contributed by atoms with Gasteiger partial charge in [0.2, 0.25) is 0 Å². The first kappa shape index (κ1) is 15.4. The van der Waals surface area contributed by atoms with Gasteiger partial charge < -0.3 is 4.74 Å². The molecular formula is C22H22O. The van der Waals surface area contributed by atoms with Crippen LogP contribution in [0.15, 0.2) is 66.7 Å². The summed E-state index contributed by atoms with van der Waals surface area (Å²) >= 11 is 0. The van der Waals surface area contributed by atoms with E-state index in [1.165, 1.54) is 27.8 Å². The highest BCUT2D eigenvalue weighted by atomic mass is 16.5. The molecule has 0 amide bonds. The Morgan fingerprint density at radius 3 is 2.04 bits per heavy atom. The maximum absolute atomic E-state index is 6.09. The summed E-state index contributed by atoms with van der Waals surface area (Å²) in [5.41, 5.74) is 6.61. The van der Waals surface area contributed by atoms with Gasteiger partial charge in [0.1, 0.15) is 11.5 Å². The van der Waals surface area contributed by atoms with Crippen molar-refractivity contribution in [3.63, 3.8) is 0 Å². The normalized spacial score (nSPS) is 10.6. The van der Waals surface area contributed by atoms with Gasteiger partial charge in [-0.2, -0.15) is 0 Å². The van der Waals surface area contributed by atoms with E-state index >= 15 is 0 Å². The molecule has 0 spiro atoms. The Labute approximate surface area is 138 Å². The van der Waals surface area contributed by atoms with Crippen molar-refractivity contribution in [2.75, 3.05) is 0 Å². The molecule has 3 rings (SSSR count). The minimum Gasteiger partial charge on any atom is -0.457 e. The van der Waals surface area contributed by atoms with Gasteiger partial charge in [-0.25, -0.2) is 0 Å². The number of rotatable bonds is 4. The second-order valence-corrected chi connectivity index (χ2v) is 6.08. The van der Waals surface area contributed by atoms with Gasteiger partial charge in [-0.3, -0.25) is 0 Å². The molecule has 0 aromatic heterocycles. The van der Waals surface area contributed by atoms with E-state index in [4.69, 9.17) is 4.74 Å². The molecule has 23 heavy (non-hydrogen) atoms. The Hall–Kier alpha value is -2.54. The van der Waals surface area contributed by atoms with Crippen LogP contribution in [-0.2, 0) is 6.42 Å². The van der Waals surface area contributed by atoms with Gasteiger partial charge in [0.05, 0.1) is 0 Å². The van der Waals surface area contributed by atoms with Gasteiger partial charge in [0.15, 0.2) is 0 Å². The maximum atomic E-state index is 6.09. The van der Waals surface area contributed by atoms with Crippen molar-refractivity contribution in [2.24, 2.45) is 0 Å². The number of hydrogen-bond acceptors (Lipinski definition) is 1. The average Bonchev–Trinajstić information content (AvgIpc) is 2.53. The van der Waals surface area contributed by atoms with Crippen molar-refractivity contribution >= 4 is 0 Å². The lowest BCUT2D eigenvalue weighted by Gasteiger charge is -2.15. The number of aryl methyl sites for hydroxylation is 3. The third-order valence-electron chi connectivity index (χ3n) is 4.15. The van der Waals surface area contributed by atoms with Crippen LogP contribution in [0.1, 0.15) is 27.8 Å². The number of hydrogen-bond donors (Lipinski definition) is 0. The smallest absolute Gasteiger partial charge is 0.130 e. The lowest BCUT2D eigenvalue weighted by molar-refractivity contribution is 0.477. The predicted octanol–water partition coefficient (Wildman–Crippen LogP) is 5.99. The van der Waals surface area contributed by atoms with Gasteiger partial charge in [-0.15, -0.1) is 0 Å². The van der Waals surface area contributed by atoms with Crippen molar-refractivity contribution in [2.45, 2.75) is 27.2 Å². The molecule has 0 N–H and O–H groups in total. The van der Waals surface area contributed by atoms with E-state index in [0.717, 1.165) is 17.9 Å². The van der Waals surface area contributed by atoms with Crippen molar-refractivity contribution in [1.82, 2.24) is 0 Å². The molecule has 0 bridgehead atoms. The lowest BCUT2D eigenvalue weighted by Crippen LogP contribution is -1.99. The summed E-state index contributed by atoms with van der Waals surface area (Å²) in [6.45, 7) is 6.53. The van der Waals surface area contributed by atoms with Crippen LogP contribution in [0.5, 0.6) is 11.5 Å². The first-order valence-electron chi connectivity index (χ1n) is 8.01. The molecule has 0 atom stereocenters. The molecular weight excluding hydrogens is 280 g/mol. The SMILES string of the molecule is Cc1cc(C)c(Cc2ccccc2Oc2ccccc2)c(C)c1. The fourth-order valence-corrected chi connectivity index (χ4v) is 3.04. The molecule has 0 unspecified atom stereocenters. The number of benzene rings is 3. The lowest BCUT2D eigenvalue weighted by atomic mass is 9.94. The van der Waals surface area contributed by atoms with Crippen LogP contribution in [0, 0.1) is 20.8 Å². The van der Waals surface area contributed by atoms with E-state index in [0.29, 0.717) is 0 Å². The Balaban J connectivity index is 1.93. The topological polar surface area (TPSA) is 9.23 Å². The Bertz CT molecular complexity index is 780. The van der Waals surface area contributed by atoms with Crippen LogP contribution >= 0.6 is 0 Å². The standard InChI is InChI=1S/C22H22O/c1-16-13-17(2)21(18(3)14-16)15-19-9-7-8-12-22(19)23-20-10-5-4-6-11-20/h4-14H,15H2,1-3H3. The van der Waals surface area contributed by atoms with Crippen molar-refractivity contribution in [3.8, 4) is 11.5 Å². The van der Waals surface area contributed by atoms with Gasteiger partial charge in [-0.1, -0.05) is 54.1 Å². The van der Waals surface area contributed by atoms with Crippen LogP contribution in [0.2, 0.25) is 0 Å². The molecule has 0 saturated carbocycles. The van der Waals surface area contributed by atoms with Crippen LogP contribution in [0.25, 0.3) is 0 Å². The Morgan fingerprint density at radius 2 is 1.35 bits per heavy atom. The predicted molar refractivity (Wildman–Crippen MR) is 96.4 cm³/mol. The zero-order valence-electron chi connectivity index (χ0n) is 14.0. The fraction of sp³-hybridized carbons (Fsp3) is 0.182. The van der Waals surface area contributed by atoms with Crippen LogP contribution in [-0.4, -0.2) is 0 Å². The van der Waals surface area contributed by atoms with Gasteiger partial charge in [0, 0.05) is 6.42 Å². The average molecular weight is 302 g/mol. The molecule has 0 saturated heterocycles. The van der Waals surface area contributed by atoms with Crippen LogP contribution < -0.4 is 4.74 Å². The minimum atomic E-state index is 0.872. The van der Waals surface area contributed by atoms with Crippen molar-refractivity contribution in [1.29, 1.82) is 0 Å². The third kappa shape index (κ3) is 3.62. The Morgan fingerprint density at radius 1 is 0.739 bits per heavy atom. The number of ether oxygens (including phenoxy) is 1. The molecule has 0 radical (unpaired) electrons. The molecule has 0 aliphatic rings. The van der Waals surface area contributed by atoms with Crippen LogP contribution in [0.3, 0.4) is 0 Å². The van der Waals surface area contributed by atoms with Gasteiger partial charge in [-0.05, 0) is 61.2 Å². The summed E-state index contributed by atoms with van der Waals surface area (Å²) in [7, 11) is 0. The van der Waals surface area contributed by atoms with E-state index in [9.17, 15) is 0 Å². The summed E-state index contributed by atoms with van der Waals surface area (Å²) in [6, 6.07) is 22.8. The largest absolute Gasteiger partial charge is 0.457 e. The van der Waals surface area contributed by atoms with Crippen LogP contribution in [0.4, 0.5) is 0 Å². The summed E-state index contributed by atoms with van der Waals surface area (Å²) in [4.78, 5) is 0. The van der Waals surface area contributed by atoms with Crippen molar-refractivity contribution < 1.29 is 4.74 Å². The van der Waals surface area contributed by atoms with E-state index < -0.39 is 0 Å². The molecule has 1 heteroatoms. The summed E-state index contributed by atoms with van der Waals surface area (Å²) < 4.78 is 6.09. The summed E-state index contributed by atoms with van der Waals surface area (Å²) in [5.74, 6) is 1.80. The molecule has 0 aliphatic heterocycles. The molecule has 0 fully saturated rings. The molecule has 0 heterocycles. The molecule has 3 aromatic carbocycles. The van der Waals surface area contributed by atoms with E-state index in [-0.39, 0.29) is 0 Å². The first-order valence-corrected chi connectivity index (χ1v) is 8.01. The quantitative estimate of drug-likeness (QED) is 0.574. The minimum absolute atomic E-state index is 0.872. The zero-order valence-corrected chi connectivity index (χ0v) is 14.0. The summed E-state index contributed by atoms with van der Waals surface area (Å²) in [6.07, 6.45) is 0.890. The first-order chi connectivity index (χ1) is 11.1. The van der Waals surface area contributed by atoms with E-state index in [1.807, 2.05) is 42.5 Å². The molecule has 116 valence electrons. The van der Waals surface area contributed by atoms with Gasteiger partial charge >= 0.3 is 0 Å². The number of para-hydroxylation sites is 2. The monoisotopic (exact) mass is 302 g/mol. The highest BCUT2D eigenvalue weighted by Crippen LogP contribution is 2.29. The van der Waals surface area contributed by atoms with E-state index in [2.05, 4.69) is 45.0 Å². The Kier molecular flexibility index (Phi) is 4.47. The zero-order chi connectivity index (χ0) is 16.2. The molecule has 3 aromatic rings. The summed E-state index contributed by atoms with van der Waals surface area (Å²) in [5, 5.41) is 0. The molecule has 1 nitrogen and oxygen atoms in total. The fourth-order valence-electron chi connectivity index (χ4n) is 3.04. The van der Waals surface area contributed by atoms with Gasteiger partial charge in [0.25, 0.3) is 0 Å². The van der Waals surface area contributed by atoms with Crippen molar-refractivity contribution in [3.05, 3.63) is 94.5 Å². The van der Waals surface area contributed by atoms with E-state index in [1.54, 1.807) is 0 Å². The second kappa shape index (κ2) is 6.70.